The number of anilines is 1. The Kier molecular flexibility index (Phi) is 4.52. The fourth-order valence-corrected chi connectivity index (χ4v) is 2.59. The molecule has 1 aliphatic rings. The molecule has 0 saturated carbocycles. The van der Waals surface area contributed by atoms with Crippen LogP contribution in [0.1, 0.15) is 20.8 Å². The summed E-state index contributed by atoms with van der Waals surface area (Å²) in [6.45, 7) is 6.17. The second-order valence-corrected chi connectivity index (χ2v) is 5.86. The number of carbonyl (C=O) groups excluding carboxylic acids is 2. The van der Waals surface area contributed by atoms with E-state index in [0.29, 0.717) is 18.8 Å². The number of hydrogen-bond donors (Lipinski definition) is 0. The minimum Gasteiger partial charge on any atom is -0.329 e. The molecule has 1 aromatic rings. The summed E-state index contributed by atoms with van der Waals surface area (Å²) in [5.74, 6) is -0.882. The summed E-state index contributed by atoms with van der Waals surface area (Å²) < 4.78 is 13.2. The number of piperazine rings is 1. The molecule has 1 saturated heterocycles. The van der Waals surface area contributed by atoms with Gasteiger partial charge in [-0.05, 0) is 25.1 Å². The highest BCUT2D eigenvalue weighted by Gasteiger charge is 2.35. The lowest BCUT2D eigenvalue weighted by Crippen LogP contribution is -2.58. The number of halogens is 2. The summed E-state index contributed by atoms with van der Waals surface area (Å²) in [5.41, 5.74) is 0.551. The van der Waals surface area contributed by atoms with Crippen molar-refractivity contribution < 1.29 is 14.0 Å². The van der Waals surface area contributed by atoms with Gasteiger partial charge in [-0.15, -0.1) is 0 Å². The molecule has 4 nitrogen and oxygen atoms in total. The zero-order valence-corrected chi connectivity index (χ0v) is 13.0. The Bertz CT molecular complexity index is 577. The topological polar surface area (TPSA) is 40.6 Å². The minimum absolute atomic E-state index is 0.0198. The molecule has 21 heavy (non-hydrogen) atoms. The molecule has 2 rings (SSSR count). The Labute approximate surface area is 128 Å². The zero-order valence-electron chi connectivity index (χ0n) is 12.3. The van der Waals surface area contributed by atoms with E-state index < -0.39 is 11.9 Å². The Morgan fingerprint density at radius 2 is 2.05 bits per heavy atom. The van der Waals surface area contributed by atoms with Crippen molar-refractivity contribution in [2.24, 2.45) is 5.92 Å². The molecule has 1 aliphatic heterocycles. The zero-order chi connectivity index (χ0) is 15.7. The number of carbonyl (C=O) groups is 2. The molecule has 0 bridgehead atoms. The number of amides is 2. The Morgan fingerprint density at radius 1 is 1.38 bits per heavy atom. The van der Waals surface area contributed by atoms with Crippen LogP contribution in [-0.2, 0) is 9.59 Å². The lowest BCUT2D eigenvalue weighted by molar-refractivity contribution is -0.143. The Morgan fingerprint density at radius 3 is 2.62 bits per heavy atom. The maximum absolute atomic E-state index is 13.2. The highest BCUT2D eigenvalue weighted by Crippen LogP contribution is 2.26. The molecule has 0 N–H and O–H groups in total. The molecule has 2 amide bonds. The third-order valence-corrected chi connectivity index (χ3v) is 3.94. The molecule has 1 heterocycles. The van der Waals surface area contributed by atoms with Crippen molar-refractivity contribution in [1.29, 1.82) is 0 Å². The van der Waals surface area contributed by atoms with Crippen LogP contribution in [0.3, 0.4) is 0 Å². The second-order valence-electron chi connectivity index (χ2n) is 5.45. The number of hydrogen-bond acceptors (Lipinski definition) is 2. The summed E-state index contributed by atoms with van der Waals surface area (Å²) >= 11 is 5.76. The predicted molar refractivity (Wildman–Crippen MR) is 79.8 cm³/mol. The van der Waals surface area contributed by atoms with Crippen LogP contribution < -0.4 is 4.90 Å². The van der Waals surface area contributed by atoms with Crippen molar-refractivity contribution >= 4 is 29.1 Å². The van der Waals surface area contributed by atoms with Crippen LogP contribution in [0.5, 0.6) is 0 Å². The minimum atomic E-state index is -0.530. The van der Waals surface area contributed by atoms with Crippen molar-refractivity contribution in [3.63, 3.8) is 0 Å². The monoisotopic (exact) mass is 312 g/mol. The molecule has 0 aromatic heterocycles. The van der Waals surface area contributed by atoms with Gasteiger partial charge in [0.15, 0.2) is 0 Å². The van der Waals surface area contributed by atoms with Crippen molar-refractivity contribution in [2.75, 3.05) is 18.0 Å². The van der Waals surface area contributed by atoms with Crippen molar-refractivity contribution in [2.45, 2.75) is 26.8 Å². The van der Waals surface area contributed by atoms with Gasteiger partial charge in [0.2, 0.25) is 11.8 Å². The van der Waals surface area contributed by atoms with Gasteiger partial charge in [-0.25, -0.2) is 4.39 Å². The number of nitrogens with zero attached hydrogens (tertiary/aromatic N) is 2. The fraction of sp³-hybridized carbons (Fsp3) is 0.467. The summed E-state index contributed by atoms with van der Waals surface area (Å²) in [6, 6.07) is 3.66. The normalized spacial score (nSPS) is 19.3. The van der Waals surface area contributed by atoms with Gasteiger partial charge in [-0.1, -0.05) is 25.4 Å². The van der Waals surface area contributed by atoms with E-state index in [-0.39, 0.29) is 22.8 Å². The van der Waals surface area contributed by atoms with E-state index in [2.05, 4.69) is 0 Å². The molecular weight excluding hydrogens is 295 g/mol. The molecule has 0 spiro atoms. The first kappa shape index (κ1) is 15.8. The lowest BCUT2D eigenvalue weighted by atomic mass is 10.1. The van der Waals surface area contributed by atoms with Crippen molar-refractivity contribution in [3.05, 3.63) is 29.0 Å². The van der Waals surface area contributed by atoms with E-state index in [0.717, 1.165) is 0 Å². The predicted octanol–water partition coefficient (Wildman–Crippen LogP) is 2.70. The van der Waals surface area contributed by atoms with Crippen LogP contribution in [0.25, 0.3) is 0 Å². The Hall–Kier alpha value is -1.62. The van der Waals surface area contributed by atoms with Crippen LogP contribution >= 0.6 is 11.6 Å². The van der Waals surface area contributed by atoms with Crippen LogP contribution in [-0.4, -0.2) is 35.8 Å². The molecule has 0 radical (unpaired) electrons. The van der Waals surface area contributed by atoms with Crippen molar-refractivity contribution in [1.82, 2.24) is 4.90 Å². The fourth-order valence-electron chi connectivity index (χ4n) is 2.41. The standard InChI is InChI=1S/C15H18ClFN2O2/c1-9(2)14(20)18-6-7-19(15(21)10(18)3)11-4-5-13(17)12(16)8-11/h4-5,8-10H,6-7H2,1-3H3/t10-/m1/s1. The van der Waals surface area contributed by atoms with Crippen LogP contribution in [0.4, 0.5) is 10.1 Å². The SMILES string of the molecule is CC(C)C(=O)N1CCN(c2ccc(F)c(Cl)c2)C(=O)[C@H]1C. The van der Waals surface area contributed by atoms with Gasteiger partial charge in [0, 0.05) is 24.7 Å². The number of rotatable bonds is 2. The second kappa shape index (κ2) is 6.02. The highest BCUT2D eigenvalue weighted by molar-refractivity contribution is 6.31. The van der Waals surface area contributed by atoms with Gasteiger partial charge in [0.05, 0.1) is 5.02 Å². The van der Waals surface area contributed by atoms with Gasteiger partial charge in [0.1, 0.15) is 11.9 Å². The lowest BCUT2D eigenvalue weighted by Gasteiger charge is -2.39. The van der Waals surface area contributed by atoms with E-state index in [9.17, 15) is 14.0 Å². The molecular formula is C15H18ClFN2O2. The third kappa shape index (κ3) is 3.02. The molecule has 6 heteroatoms. The van der Waals surface area contributed by atoms with Gasteiger partial charge >= 0.3 is 0 Å². The average molecular weight is 313 g/mol. The van der Waals surface area contributed by atoms with E-state index >= 15 is 0 Å². The van der Waals surface area contributed by atoms with Crippen molar-refractivity contribution in [3.8, 4) is 0 Å². The third-order valence-electron chi connectivity index (χ3n) is 3.65. The van der Waals surface area contributed by atoms with Gasteiger partial charge in [0.25, 0.3) is 0 Å². The molecule has 0 unspecified atom stereocenters. The largest absolute Gasteiger partial charge is 0.329 e. The number of benzene rings is 1. The first-order chi connectivity index (χ1) is 9.82. The van der Waals surface area contributed by atoms with E-state index in [4.69, 9.17) is 11.6 Å². The first-order valence-electron chi connectivity index (χ1n) is 6.90. The van der Waals surface area contributed by atoms with Gasteiger partial charge in [-0.2, -0.15) is 0 Å². The van der Waals surface area contributed by atoms with E-state index in [1.807, 2.05) is 13.8 Å². The van der Waals surface area contributed by atoms with Crippen LogP contribution in [0, 0.1) is 11.7 Å². The molecule has 1 fully saturated rings. The molecule has 0 aliphatic carbocycles. The van der Waals surface area contributed by atoms with E-state index in [1.54, 1.807) is 16.7 Å². The highest BCUT2D eigenvalue weighted by atomic mass is 35.5. The summed E-state index contributed by atoms with van der Waals surface area (Å²) in [4.78, 5) is 27.7. The molecule has 114 valence electrons. The van der Waals surface area contributed by atoms with E-state index in [1.165, 1.54) is 18.2 Å². The van der Waals surface area contributed by atoms with Crippen LogP contribution in [0.15, 0.2) is 18.2 Å². The smallest absolute Gasteiger partial charge is 0.249 e. The first-order valence-corrected chi connectivity index (χ1v) is 7.27. The average Bonchev–Trinajstić information content (AvgIpc) is 2.44. The summed E-state index contributed by atoms with van der Waals surface area (Å²) in [5, 5.41) is -0.0198. The quantitative estimate of drug-likeness (QED) is 0.842. The molecule has 1 aromatic carbocycles. The van der Waals surface area contributed by atoms with Gasteiger partial charge < -0.3 is 9.80 Å². The maximum atomic E-state index is 13.2. The summed E-state index contributed by atoms with van der Waals surface area (Å²) in [6.07, 6.45) is 0. The van der Waals surface area contributed by atoms with Gasteiger partial charge in [-0.3, -0.25) is 9.59 Å². The maximum Gasteiger partial charge on any atom is 0.249 e. The molecule has 1 atom stereocenters. The van der Waals surface area contributed by atoms with Crippen LogP contribution in [0.2, 0.25) is 5.02 Å². The Balaban J connectivity index is 2.21. The summed E-state index contributed by atoms with van der Waals surface area (Å²) in [7, 11) is 0.